The van der Waals surface area contributed by atoms with Crippen molar-refractivity contribution in [2.45, 2.75) is 19.4 Å². The zero-order valence-electron chi connectivity index (χ0n) is 9.36. The van der Waals surface area contributed by atoms with Gasteiger partial charge in [0, 0.05) is 18.9 Å². The van der Waals surface area contributed by atoms with Crippen molar-refractivity contribution in [3.8, 4) is 11.5 Å². The highest BCUT2D eigenvalue weighted by Gasteiger charge is 2.25. The largest absolute Gasteiger partial charge is 0.493 e. The van der Waals surface area contributed by atoms with Gasteiger partial charge in [-0.25, -0.2) is 0 Å². The normalized spacial score (nSPS) is 18.0. The molecule has 2 rings (SSSR count). The molecule has 0 radical (unpaired) electrons. The van der Waals surface area contributed by atoms with E-state index >= 15 is 0 Å². The van der Waals surface area contributed by atoms with E-state index in [0.717, 1.165) is 18.6 Å². The van der Waals surface area contributed by atoms with E-state index in [1.165, 1.54) is 6.92 Å². The second-order valence-electron chi connectivity index (χ2n) is 3.70. The predicted molar refractivity (Wildman–Crippen MR) is 57.7 cm³/mol. The topological polar surface area (TPSA) is 48.1 Å². The van der Waals surface area contributed by atoms with E-state index in [-0.39, 0.29) is 12.1 Å². The van der Waals surface area contributed by atoms with Crippen LogP contribution in [0.3, 0.4) is 0 Å². The molecule has 1 aliphatic heterocycles. The van der Waals surface area contributed by atoms with Crippen molar-refractivity contribution in [1.82, 2.24) is 0 Å². The Morgan fingerprint density at radius 3 is 2.88 bits per heavy atom. The Labute approximate surface area is 94.1 Å². The first-order chi connectivity index (χ1) is 7.70. The van der Waals surface area contributed by atoms with E-state index in [9.17, 15) is 4.79 Å². The van der Waals surface area contributed by atoms with E-state index in [1.54, 1.807) is 13.2 Å². The van der Waals surface area contributed by atoms with Crippen molar-refractivity contribution in [3.63, 3.8) is 0 Å². The van der Waals surface area contributed by atoms with Crippen molar-refractivity contribution in [1.29, 1.82) is 0 Å². The van der Waals surface area contributed by atoms with Crippen LogP contribution in [-0.4, -0.2) is 25.8 Å². The first kappa shape index (κ1) is 11.0. The standard InChI is InChI=1S/C12H14O4/c1-8(13)16-12-9(6-10-7-15-10)4-3-5-11(12)14-2/h3-5,10H,6-7H2,1-2H3. The fourth-order valence-electron chi connectivity index (χ4n) is 1.57. The molecule has 1 heterocycles. The SMILES string of the molecule is COc1cccc(CC2CO2)c1OC(C)=O. The number of methoxy groups -OCH3 is 1. The van der Waals surface area contributed by atoms with Crippen LogP contribution in [0.25, 0.3) is 0 Å². The minimum Gasteiger partial charge on any atom is -0.493 e. The molecule has 0 saturated carbocycles. The number of benzene rings is 1. The Balaban J connectivity index is 2.28. The van der Waals surface area contributed by atoms with Gasteiger partial charge in [0.1, 0.15) is 0 Å². The quantitative estimate of drug-likeness (QED) is 0.440. The van der Waals surface area contributed by atoms with Gasteiger partial charge in [-0.05, 0) is 6.07 Å². The fraction of sp³-hybridized carbons (Fsp3) is 0.417. The summed E-state index contributed by atoms with van der Waals surface area (Å²) in [6, 6.07) is 5.57. The molecule has 0 aliphatic carbocycles. The van der Waals surface area contributed by atoms with E-state index in [2.05, 4.69) is 0 Å². The van der Waals surface area contributed by atoms with Crippen molar-refractivity contribution in [2.75, 3.05) is 13.7 Å². The van der Waals surface area contributed by atoms with Gasteiger partial charge < -0.3 is 14.2 Å². The summed E-state index contributed by atoms with van der Waals surface area (Å²) in [5.41, 5.74) is 0.942. The van der Waals surface area contributed by atoms with E-state index < -0.39 is 0 Å². The summed E-state index contributed by atoms with van der Waals surface area (Å²) >= 11 is 0. The maximum absolute atomic E-state index is 11.0. The average molecular weight is 222 g/mol. The van der Waals surface area contributed by atoms with Crippen molar-refractivity contribution >= 4 is 5.97 Å². The molecule has 0 aromatic heterocycles. The summed E-state index contributed by atoms with van der Waals surface area (Å²) < 4.78 is 15.5. The zero-order valence-corrected chi connectivity index (χ0v) is 9.36. The number of carbonyl (C=O) groups is 1. The van der Waals surface area contributed by atoms with Gasteiger partial charge in [0.2, 0.25) is 0 Å². The third-order valence-electron chi connectivity index (χ3n) is 2.38. The van der Waals surface area contributed by atoms with Crippen LogP contribution in [0.4, 0.5) is 0 Å². The number of hydrogen-bond acceptors (Lipinski definition) is 4. The van der Waals surface area contributed by atoms with Crippen LogP contribution in [-0.2, 0) is 16.0 Å². The molecule has 1 atom stereocenters. The lowest BCUT2D eigenvalue weighted by atomic mass is 10.1. The van der Waals surface area contributed by atoms with Gasteiger partial charge >= 0.3 is 5.97 Å². The van der Waals surface area contributed by atoms with E-state index in [4.69, 9.17) is 14.2 Å². The summed E-state index contributed by atoms with van der Waals surface area (Å²) in [6.07, 6.45) is 1.00. The van der Waals surface area contributed by atoms with E-state index in [0.29, 0.717) is 11.5 Å². The molecule has 0 amide bonds. The lowest BCUT2D eigenvalue weighted by Gasteiger charge is -2.12. The summed E-state index contributed by atoms with van der Waals surface area (Å²) in [5, 5.41) is 0. The highest BCUT2D eigenvalue weighted by atomic mass is 16.6. The van der Waals surface area contributed by atoms with Crippen LogP contribution < -0.4 is 9.47 Å². The molecule has 16 heavy (non-hydrogen) atoms. The number of carbonyl (C=O) groups excluding carboxylic acids is 1. The first-order valence-electron chi connectivity index (χ1n) is 5.16. The van der Waals surface area contributed by atoms with Gasteiger partial charge in [0.05, 0.1) is 19.8 Å². The minimum atomic E-state index is -0.345. The molecular weight excluding hydrogens is 208 g/mol. The molecule has 0 spiro atoms. The molecule has 1 unspecified atom stereocenters. The lowest BCUT2D eigenvalue weighted by molar-refractivity contribution is -0.132. The van der Waals surface area contributed by atoms with E-state index in [1.807, 2.05) is 12.1 Å². The highest BCUT2D eigenvalue weighted by Crippen LogP contribution is 2.33. The molecule has 1 saturated heterocycles. The molecule has 0 N–H and O–H groups in total. The summed E-state index contributed by atoms with van der Waals surface area (Å²) in [4.78, 5) is 11.0. The maximum Gasteiger partial charge on any atom is 0.308 e. The van der Waals surface area contributed by atoms with Gasteiger partial charge in [-0.1, -0.05) is 12.1 Å². The summed E-state index contributed by atoms with van der Waals surface area (Å²) in [7, 11) is 1.56. The van der Waals surface area contributed by atoms with Gasteiger partial charge in [0.15, 0.2) is 11.5 Å². The third-order valence-corrected chi connectivity index (χ3v) is 2.38. The van der Waals surface area contributed by atoms with Gasteiger partial charge in [-0.15, -0.1) is 0 Å². The monoisotopic (exact) mass is 222 g/mol. The predicted octanol–water partition coefficient (Wildman–Crippen LogP) is 1.56. The number of rotatable bonds is 4. The van der Waals surface area contributed by atoms with Crippen LogP contribution in [0, 0.1) is 0 Å². The van der Waals surface area contributed by atoms with Crippen molar-refractivity contribution < 1.29 is 19.0 Å². The van der Waals surface area contributed by atoms with Gasteiger partial charge in [0.25, 0.3) is 0 Å². The molecule has 4 nitrogen and oxygen atoms in total. The number of para-hydroxylation sites is 1. The molecule has 1 aromatic carbocycles. The Morgan fingerprint density at radius 1 is 1.56 bits per heavy atom. The second-order valence-corrected chi connectivity index (χ2v) is 3.70. The third kappa shape index (κ3) is 2.52. The van der Waals surface area contributed by atoms with Gasteiger partial charge in [-0.3, -0.25) is 4.79 Å². The molecule has 4 heteroatoms. The lowest BCUT2D eigenvalue weighted by Crippen LogP contribution is -2.07. The summed E-state index contributed by atoms with van der Waals surface area (Å²) in [5.74, 6) is 0.740. The Bertz CT molecular complexity index is 396. The first-order valence-corrected chi connectivity index (χ1v) is 5.16. The Kier molecular flexibility index (Phi) is 3.10. The van der Waals surface area contributed by atoms with Crippen LogP contribution in [0.15, 0.2) is 18.2 Å². The van der Waals surface area contributed by atoms with Crippen molar-refractivity contribution in [3.05, 3.63) is 23.8 Å². The molecule has 1 aromatic rings. The molecule has 1 aliphatic rings. The molecule has 0 bridgehead atoms. The fourth-order valence-corrected chi connectivity index (χ4v) is 1.57. The maximum atomic E-state index is 11.0. The number of esters is 1. The minimum absolute atomic E-state index is 0.251. The smallest absolute Gasteiger partial charge is 0.308 e. The van der Waals surface area contributed by atoms with Crippen molar-refractivity contribution in [2.24, 2.45) is 0 Å². The van der Waals surface area contributed by atoms with Crippen LogP contribution in [0.1, 0.15) is 12.5 Å². The highest BCUT2D eigenvalue weighted by molar-refractivity contribution is 5.71. The van der Waals surface area contributed by atoms with Crippen LogP contribution in [0.5, 0.6) is 11.5 Å². The number of hydrogen-bond donors (Lipinski definition) is 0. The van der Waals surface area contributed by atoms with Crippen LogP contribution in [0.2, 0.25) is 0 Å². The number of epoxide rings is 1. The Morgan fingerprint density at radius 2 is 2.31 bits per heavy atom. The Hall–Kier alpha value is -1.55. The van der Waals surface area contributed by atoms with Crippen LogP contribution >= 0.6 is 0 Å². The molecular formula is C12H14O4. The zero-order chi connectivity index (χ0) is 11.5. The average Bonchev–Trinajstić information content (AvgIpc) is 3.04. The molecule has 86 valence electrons. The second kappa shape index (κ2) is 4.53. The number of ether oxygens (including phenoxy) is 3. The summed E-state index contributed by atoms with van der Waals surface area (Å²) in [6.45, 7) is 2.15. The van der Waals surface area contributed by atoms with Gasteiger partial charge in [-0.2, -0.15) is 0 Å². The molecule has 1 fully saturated rings.